The third-order valence-corrected chi connectivity index (χ3v) is 2.04. The fourth-order valence-corrected chi connectivity index (χ4v) is 1.53. The second-order valence-electron chi connectivity index (χ2n) is 3.07. The fourth-order valence-electron chi connectivity index (χ4n) is 1.53. The number of nitrogens with one attached hydrogen (secondary N) is 1. The fraction of sp³-hybridized carbons (Fsp3) is 0.857. The lowest BCUT2D eigenvalue weighted by Crippen LogP contribution is -2.41. The highest BCUT2D eigenvalue weighted by molar-refractivity contribution is 5.64. The van der Waals surface area contributed by atoms with Crippen LogP contribution in [0, 0.1) is 0 Å². The molecule has 2 unspecified atom stereocenters. The summed E-state index contributed by atoms with van der Waals surface area (Å²) in [4.78, 5) is 10.2. The van der Waals surface area contributed by atoms with Crippen molar-refractivity contribution >= 4 is 6.09 Å². The van der Waals surface area contributed by atoms with E-state index in [1.807, 2.05) is 0 Å². The summed E-state index contributed by atoms with van der Waals surface area (Å²) in [6.45, 7) is 0. The molecule has 0 aromatic rings. The molecule has 0 spiro atoms. The standard InChI is InChI=1S/C7H14N2O2/c8-5-2-1-3-6(4-5)9-7(10)11/h5-6,9H,1-4,8H2,(H,10,11). The minimum absolute atomic E-state index is 0.0799. The highest BCUT2D eigenvalue weighted by atomic mass is 16.4. The topological polar surface area (TPSA) is 75.3 Å². The van der Waals surface area contributed by atoms with Crippen molar-refractivity contribution in [1.29, 1.82) is 0 Å². The number of rotatable bonds is 1. The number of amides is 1. The number of hydrogen-bond donors (Lipinski definition) is 3. The Morgan fingerprint density at radius 3 is 2.82 bits per heavy atom. The molecule has 4 heteroatoms. The van der Waals surface area contributed by atoms with Crippen molar-refractivity contribution < 1.29 is 9.90 Å². The van der Waals surface area contributed by atoms with Crippen molar-refractivity contribution in [3.8, 4) is 0 Å². The van der Waals surface area contributed by atoms with E-state index in [1.54, 1.807) is 0 Å². The van der Waals surface area contributed by atoms with E-state index < -0.39 is 6.09 Å². The predicted molar refractivity (Wildman–Crippen MR) is 41.4 cm³/mol. The Morgan fingerprint density at radius 1 is 1.55 bits per heavy atom. The Labute approximate surface area is 65.8 Å². The van der Waals surface area contributed by atoms with E-state index in [2.05, 4.69) is 5.32 Å². The van der Waals surface area contributed by atoms with Gasteiger partial charge in [-0.15, -0.1) is 0 Å². The second kappa shape index (κ2) is 3.57. The van der Waals surface area contributed by atoms with E-state index >= 15 is 0 Å². The van der Waals surface area contributed by atoms with E-state index in [0.717, 1.165) is 25.7 Å². The first-order valence-electron chi connectivity index (χ1n) is 3.93. The first kappa shape index (κ1) is 8.33. The lowest BCUT2D eigenvalue weighted by Gasteiger charge is -2.26. The molecule has 4 N–H and O–H groups in total. The Kier molecular flexibility index (Phi) is 2.70. The minimum atomic E-state index is -0.941. The van der Waals surface area contributed by atoms with Gasteiger partial charge in [0.15, 0.2) is 0 Å². The van der Waals surface area contributed by atoms with Gasteiger partial charge in [0.2, 0.25) is 0 Å². The van der Waals surface area contributed by atoms with Gasteiger partial charge < -0.3 is 16.2 Å². The molecular formula is C7H14N2O2. The zero-order chi connectivity index (χ0) is 8.27. The molecule has 2 atom stereocenters. The number of carboxylic acid groups (broad SMARTS) is 1. The van der Waals surface area contributed by atoms with Crippen molar-refractivity contribution in [1.82, 2.24) is 5.32 Å². The Hall–Kier alpha value is -0.770. The van der Waals surface area contributed by atoms with Crippen LogP contribution < -0.4 is 11.1 Å². The summed E-state index contributed by atoms with van der Waals surface area (Å²) in [6.07, 6.45) is 2.83. The maximum absolute atomic E-state index is 10.2. The molecule has 1 fully saturated rings. The summed E-state index contributed by atoms with van der Waals surface area (Å²) in [6, 6.07) is 0.261. The maximum Gasteiger partial charge on any atom is 0.404 e. The Balaban J connectivity index is 2.28. The summed E-state index contributed by atoms with van der Waals surface area (Å²) in [5, 5.41) is 10.8. The molecule has 0 saturated heterocycles. The SMILES string of the molecule is NC1CCCC(NC(=O)O)C1. The summed E-state index contributed by atoms with van der Waals surface area (Å²) < 4.78 is 0. The van der Waals surface area contributed by atoms with Gasteiger partial charge in [0.25, 0.3) is 0 Å². The molecule has 0 bridgehead atoms. The molecule has 1 aliphatic carbocycles. The first-order valence-corrected chi connectivity index (χ1v) is 3.93. The molecule has 0 aromatic carbocycles. The van der Waals surface area contributed by atoms with Crippen LogP contribution in [-0.4, -0.2) is 23.3 Å². The number of nitrogens with two attached hydrogens (primary N) is 1. The van der Waals surface area contributed by atoms with Crippen molar-refractivity contribution in [3.63, 3.8) is 0 Å². The van der Waals surface area contributed by atoms with Gasteiger partial charge in [-0.3, -0.25) is 0 Å². The highest BCUT2D eigenvalue weighted by Gasteiger charge is 2.19. The van der Waals surface area contributed by atoms with Gasteiger partial charge in [0.1, 0.15) is 0 Å². The minimum Gasteiger partial charge on any atom is -0.465 e. The van der Waals surface area contributed by atoms with E-state index in [9.17, 15) is 4.79 Å². The van der Waals surface area contributed by atoms with E-state index in [1.165, 1.54) is 0 Å². The Bertz CT molecular complexity index is 149. The highest BCUT2D eigenvalue weighted by Crippen LogP contribution is 2.16. The van der Waals surface area contributed by atoms with Gasteiger partial charge in [-0.2, -0.15) is 0 Å². The molecule has 0 aliphatic heterocycles. The average molecular weight is 158 g/mol. The zero-order valence-corrected chi connectivity index (χ0v) is 6.42. The smallest absolute Gasteiger partial charge is 0.404 e. The molecule has 1 saturated carbocycles. The summed E-state index contributed by atoms with van der Waals surface area (Å²) in [7, 11) is 0. The quantitative estimate of drug-likeness (QED) is 0.521. The molecule has 4 nitrogen and oxygen atoms in total. The zero-order valence-electron chi connectivity index (χ0n) is 6.42. The van der Waals surface area contributed by atoms with Gasteiger partial charge in [-0.1, -0.05) is 0 Å². The summed E-state index contributed by atoms with van der Waals surface area (Å²) in [5.41, 5.74) is 5.67. The van der Waals surface area contributed by atoms with E-state index in [4.69, 9.17) is 10.8 Å². The van der Waals surface area contributed by atoms with Crippen molar-refractivity contribution in [3.05, 3.63) is 0 Å². The van der Waals surface area contributed by atoms with Gasteiger partial charge in [0.05, 0.1) is 0 Å². The second-order valence-corrected chi connectivity index (χ2v) is 3.07. The van der Waals surface area contributed by atoms with Crippen LogP contribution in [-0.2, 0) is 0 Å². The van der Waals surface area contributed by atoms with Crippen LogP contribution in [0.25, 0.3) is 0 Å². The van der Waals surface area contributed by atoms with Crippen LogP contribution in [0.2, 0.25) is 0 Å². The predicted octanol–water partition coefficient (Wildman–Crippen LogP) is 0.524. The molecule has 64 valence electrons. The van der Waals surface area contributed by atoms with Crippen LogP contribution >= 0.6 is 0 Å². The van der Waals surface area contributed by atoms with E-state index in [0.29, 0.717) is 0 Å². The summed E-state index contributed by atoms with van der Waals surface area (Å²) in [5.74, 6) is 0. The molecule has 11 heavy (non-hydrogen) atoms. The molecule has 1 rings (SSSR count). The van der Waals surface area contributed by atoms with Crippen LogP contribution in [0.4, 0.5) is 4.79 Å². The maximum atomic E-state index is 10.2. The molecule has 0 heterocycles. The largest absolute Gasteiger partial charge is 0.465 e. The summed E-state index contributed by atoms with van der Waals surface area (Å²) >= 11 is 0. The van der Waals surface area contributed by atoms with E-state index in [-0.39, 0.29) is 12.1 Å². The van der Waals surface area contributed by atoms with Crippen LogP contribution in [0.15, 0.2) is 0 Å². The third kappa shape index (κ3) is 2.76. The van der Waals surface area contributed by atoms with Crippen molar-refractivity contribution in [2.75, 3.05) is 0 Å². The third-order valence-electron chi connectivity index (χ3n) is 2.04. The molecule has 1 amide bonds. The van der Waals surface area contributed by atoms with Gasteiger partial charge in [0, 0.05) is 12.1 Å². The van der Waals surface area contributed by atoms with Crippen LogP contribution in [0.1, 0.15) is 25.7 Å². The number of carbonyl (C=O) groups is 1. The van der Waals surface area contributed by atoms with Crippen molar-refractivity contribution in [2.45, 2.75) is 37.8 Å². The lowest BCUT2D eigenvalue weighted by atomic mass is 9.92. The lowest BCUT2D eigenvalue weighted by molar-refractivity contribution is 0.184. The molecule has 1 aliphatic rings. The van der Waals surface area contributed by atoms with Crippen LogP contribution in [0.5, 0.6) is 0 Å². The van der Waals surface area contributed by atoms with Crippen LogP contribution in [0.3, 0.4) is 0 Å². The van der Waals surface area contributed by atoms with Gasteiger partial charge in [-0.25, -0.2) is 4.79 Å². The normalized spacial score (nSPS) is 31.4. The van der Waals surface area contributed by atoms with Gasteiger partial charge >= 0.3 is 6.09 Å². The Morgan fingerprint density at radius 2 is 2.27 bits per heavy atom. The molecular weight excluding hydrogens is 144 g/mol. The monoisotopic (exact) mass is 158 g/mol. The first-order chi connectivity index (χ1) is 5.18. The number of hydrogen-bond acceptors (Lipinski definition) is 2. The average Bonchev–Trinajstić information content (AvgIpc) is 1.85. The van der Waals surface area contributed by atoms with Gasteiger partial charge in [-0.05, 0) is 25.7 Å². The molecule has 0 radical (unpaired) electrons. The molecule has 0 aromatic heterocycles. The van der Waals surface area contributed by atoms with Crippen molar-refractivity contribution in [2.24, 2.45) is 5.73 Å².